The van der Waals surface area contributed by atoms with E-state index in [4.69, 9.17) is 4.74 Å². The number of nitrogens with one attached hydrogen (secondary N) is 1. The van der Waals surface area contributed by atoms with E-state index < -0.39 is 11.9 Å². The Balaban J connectivity index is 1.50. The SMILES string of the molecule is O=C(NC1CCOCC1)C1CCN(c2nc(C(F)(F)F)cs2)CC1. The molecule has 2 aliphatic rings. The van der Waals surface area contributed by atoms with Crippen LogP contribution in [-0.2, 0) is 15.7 Å². The molecule has 1 N–H and O–H groups in total. The lowest BCUT2D eigenvalue weighted by Gasteiger charge is -2.32. The molecule has 0 bridgehead atoms. The molecule has 1 aromatic heterocycles. The largest absolute Gasteiger partial charge is 0.434 e. The first-order valence-electron chi connectivity index (χ1n) is 8.09. The lowest BCUT2D eigenvalue weighted by molar-refractivity contribution is -0.140. The van der Waals surface area contributed by atoms with E-state index in [-0.39, 0.29) is 17.9 Å². The first-order chi connectivity index (χ1) is 11.4. The second kappa shape index (κ2) is 7.26. The second-order valence-electron chi connectivity index (χ2n) is 6.17. The highest BCUT2D eigenvalue weighted by Gasteiger charge is 2.35. The minimum atomic E-state index is -4.41. The van der Waals surface area contributed by atoms with Gasteiger partial charge in [0.2, 0.25) is 5.91 Å². The molecule has 0 aromatic carbocycles. The number of alkyl halides is 3. The maximum absolute atomic E-state index is 12.6. The molecule has 3 heterocycles. The molecule has 2 saturated heterocycles. The fraction of sp³-hybridized carbons (Fsp3) is 0.733. The Hall–Kier alpha value is -1.35. The van der Waals surface area contributed by atoms with Gasteiger partial charge in [-0.1, -0.05) is 0 Å². The second-order valence-corrected chi connectivity index (χ2v) is 7.01. The summed E-state index contributed by atoms with van der Waals surface area (Å²) in [6, 6.07) is 0.178. The van der Waals surface area contributed by atoms with Gasteiger partial charge in [-0.05, 0) is 25.7 Å². The highest BCUT2D eigenvalue weighted by Crippen LogP contribution is 2.34. The van der Waals surface area contributed by atoms with Gasteiger partial charge in [0, 0.05) is 43.6 Å². The fourth-order valence-corrected chi connectivity index (χ4v) is 3.92. The number of halogens is 3. The number of rotatable bonds is 3. The third kappa shape index (κ3) is 4.18. The highest BCUT2D eigenvalue weighted by atomic mass is 32.1. The van der Waals surface area contributed by atoms with Crippen molar-refractivity contribution in [3.05, 3.63) is 11.1 Å². The number of ether oxygens (including phenoxy) is 1. The number of piperidine rings is 1. The quantitative estimate of drug-likeness (QED) is 0.897. The minimum Gasteiger partial charge on any atom is -0.381 e. The maximum atomic E-state index is 12.6. The molecule has 0 unspecified atom stereocenters. The summed E-state index contributed by atoms with van der Waals surface area (Å²) in [6.45, 7) is 2.46. The topological polar surface area (TPSA) is 54.5 Å². The summed E-state index contributed by atoms with van der Waals surface area (Å²) < 4.78 is 43.1. The molecular weight excluding hydrogens is 343 g/mol. The summed E-state index contributed by atoms with van der Waals surface area (Å²) in [5, 5.41) is 4.49. The van der Waals surface area contributed by atoms with Crippen molar-refractivity contribution in [1.29, 1.82) is 0 Å². The summed E-state index contributed by atoms with van der Waals surface area (Å²) in [4.78, 5) is 17.8. The summed E-state index contributed by atoms with van der Waals surface area (Å²) in [5.41, 5.74) is -0.845. The van der Waals surface area contributed by atoms with Gasteiger partial charge in [-0.2, -0.15) is 13.2 Å². The van der Waals surface area contributed by atoms with E-state index in [0.717, 1.165) is 29.6 Å². The number of nitrogens with zero attached hydrogens (tertiary/aromatic N) is 2. The third-order valence-corrected chi connectivity index (χ3v) is 5.39. The van der Waals surface area contributed by atoms with Crippen molar-refractivity contribution < 1.29 is 22.7 Å². The molecule has 0 aliphatic carbocycles. The van der Waals surface area contributed by atoms with Gasteiger partial charge in [-0.25, -0.2) is 4.98 Å². The fourth-order valence-electron chi connectivity index (χ4n) is 3.03. The van der Waals surface area contributed by atoms with Gasteiger partial charge in [0.05, 0.1) is 0 Å². The van der Waals surface area contributed by atoms with E-state index in [9.17, 15) is 18.0 Å². The van der Waals surface area contributed by atoms with Crippen LogP contribution in [0.3, 0.4) is 0 Å². The zero-order valence-electron chi connectivity index (χ0n) is 13.1. The average Bonchev–Trinajstić information content (AvgIpc) is 3.06. The van der Waals surface area contributed by atoms with Crippen LogP contribution in [0.5, 0.6) is 0 Å². The van der Waals surface area contributed by atoms with Gasteiger partial charge >= 0.3 is 6.18 Å². The molecule has 0 atom stereocenters. The molecule has 0 saturated carbocycles. The van der Waals surface area contributed by atoms with Crippen LogP contribution in [0.4, 0.5) is 18.3 Å². The number of hydrogen-bond donors (Lipinski definition) is 1. The number of amides is 1. The molecule has 1 amide bonds. The summed E-state index contributed by atoms with van der Waals surface area (Å²) in [5.74, 6) is -0.0252. The van der Waals surface area contributed by atoms with E-state index >= 15 is 0 Å². The smallest absolute Gasteiger partial charge is 0.381 e. The van der Waals surface area contributed by atoms with Crippen molar-refractivity contribution in [2.24, 2.45) is 5.92 Å². The van der Waals surface area contributed by atoms with Crippen molar-refractivity contribution in [2.45, 2.75) is 37.9 Å². The van der Waals surface area contributed by atoms with Crippen molar-refractivity contribution >= 4 is 22.4 Å². The molecule has 3 rings (SSSR count). The predicted octanol–water partition coefficient (Wildman–Crippen LogP) is 2.67. The average molecular weight is 363 g/mol. The standard InChI is InChI=1S/C15H20F3N3O2S/c16-15(17,18)12-9-24-14(20-12)21-5-1-10(2-6-21)13(22)19-11-3-7-23-8-4-11/h9-11H,1-8H2,(H,19,22). The Labute approximate surface area is 142 Å². The van der Waals surface area contributed by atoms with Crippen molar-refractivity contribution in [1.82, 2.24) is 10.3 Å². The van der Waals surface area contributed by atoms with Gasteiger partial charge in [-0.3, -0.25) is 4.79 Å². The maximum Gasteiger partial charge on any atom is 0.434 e. The first kappa shape index (κ1) is 17.5. The third-order valence-electron chi connectivity index (χ3n) is 4.49. The van der Waals surface area contributed by atoms with E-state index in [2.05, 4.69) is 10.3 Å². The molecular formula is C15H20F3N3O2S. The van der Waals surface area contributed by atoms with Crippen molar-refractivity contribution in [2.75, 3.05) is 31.2 Å². The number of thiazole rings is 1. The first-order valence-corrected chi connectivity index (χ1v) is 8.97. The predicted molar refractivity (Wildman–Crippen MR) is 84.0 cm³/mol. The molecule has 24 heavy (non-hydrogen) atoms. The Morgan fingerprint density at radius 1 is 1.25 bits per heavy atom. The van der Waals surface area contributed by atoms with Crippen molar-refractivity contribution in [3.8, 4) is 0 Å². The molecule has 5 nitrogen and oxygen atoms in total. The molecule has 134 valence electrons. The van der Waals surface area contributed by atoms with Crippen LogP contribution < -0.4 is 10.2 Å². The van der Waals surface area contributed by atoms with Crippen LogP contribution in [0.15, 0.2) is 5.38 Å². The Morgan fingerprint density at radius 3 is 2.50 bits per heavy atom. The molecule has 2 aliphatic heterocycles. The highest BCUT2D eigenvalue weighted by molar-refractivity contribution is 7.13. The van der Waals surface area contributed by atoms with Crippen LogP contribution in [-0.4, -0.2) is 43.2 Å². The minimum absolute atomic E-state index is 0.0525. The van der Waals surface area contributed by atoms with Gasteiger partial charge in [-0.15, -0.1) is 11.3 Å². The lowest BCUT2D eigenvalue weighted by Crippen LogP contribution is -2.45. The number of aromatic nitrogens is 1. The van der Waals surface area contributed by atoms with Crippen LogP contribution in [0, 0.1) is 5.92 Å². The van der Waals surface area contributed by atoms with Crippen LogP contribution in [0.2, 0.25) is 0 Å². The number of anilines is 1. The summed E-state index contributed by atoms with van der Waals surface area (Å²) >= 11 is 1.00. The van der Waals surface area contributed by atoms with Gasteiger partial charge in [0.15, 0.2) is 10.8 Å². The number of carbonyl (C=O) groups excluding carboxylic acids is 1. The molecule has 2 fully saturated rings. The summed E-state index contributed by atoms with van der Waals surface area (Å²) in [6.07, 6.45) is -1.46. The Bertz CT molecular complexity index is 565. The van der Waals surface area contributed by atoms with Crippen LogP contribution in [0.25, 0.3) is 0 Å². The van der Waals surface area contributed by atoms with E-state index in [1.807, 2.05) is 4.90 Å². The number of hydrogen-bond acceptors (Lipinski definition) is 5. The summed E-state index contributed by atoms with van der Waals surface area (Å²) in [7, 11) is 0. The van der Waals surface area contributed by atoms with Crippen LogP contribution in [0.1, 0.15) is 31.4 Å². The van der Waals surface area contributed by atoms with E-state index in [0.29, 0.717) is 44.3 Å². The van der Waals surface area contributed by atoms with Gasteiger partial charge < -0.3 is 15.0 Å². The zero-order chi connectivity index (χ0) is 17.2. The molecule has 0 spiro atoms. The zero-order valence-corrected chi connectivity index (χ0v) is 14.0. The molecule has 9 heteroatoms. The van der Waals surface area contributed by atoms with Gasteiger partial charge in [0.1, 0.15) is 0 Å². The Kier molecular flexibility index (Phi) is 5.29. The van der Waals surface area contributed by atoms with E-state index in [1.54, 1.807) is 0 Å². The van der Waals surface area contributed by atoms with Crippen LogP contribution >= 0.6 is 11.3 Å². The molecule has 0 radical (unpaired) electrons. The normalized spacial score (nSPS) is 21.0. The van der Waals surface area contributed by atoms with Gasteiger partial charge in [0.25, 0.3) is 0 Å². The monoisotopic (exact) mass is 363 g/mol. The lowest BCUT2D eigenvalue weighted by atomic mass is 9.95. The van der Waals surface area contributed by atoms with Crippen molar-refractivity contribution in [3.63, 3.8) is 0 Å². The number of carbonyl (C=O) groups is 1. The van der Waals surface area contributed by atoms with E-state index in [1.165, 1.54) is 0 Å². The Morgan fingerprint density at radius 2 is 1.92 bits per heavy atom. The molecule has 1 aromatic rings.